The number of thioether (sulfide) groups is 2. The SMILES string of the molecule is CCSC1C(OC(C)=O)C(C(CSC(C)=O)OC(C)=O)OC1n1cc(C)c(=O)[nH]c1=O. The summed E-state index contributed by atoms with van der Waals surface area (Å²) in [6, 6.07) is 0. The maximum absolute atomic E-state index is 12.5. The molecule has 5 unspecified atom stereocenters. The van der Waals surface area contributed by atoms with Gasteiger partial charge in [0.1, 0.15) is 18.3 Å². The van der Waals surface area contributed by atoms with E-state index in [0.717, 1.165) is 11.8 Å². The van der Waals surface area contributed by atoms with Crippen molar-refractivity contribution in [2.45, 2.75) is 64.4 Å². The first kappa shape index (κ1) is 25.2. The molecule has 1 aromatic rings. The molecule has 0 saturated carbocycles. The minimum absolute atomic E-state index is 0.0904. The van der Waals surface area contributed by atoms with Crippen LogP contribution in [0.4, 0.5) is 0 Å². The number of aryl methyl sites for hydroxylation is 1. The van der Waals surface area contributed by atoms with Gasteiger partial charge in [0.2, 0.25) is 0 Å². The number of hydrogen-bond donors (Lipinski definition) is 1. The monoisotopic (exact) mass is 474 g/mol. The van der Waals surface area contributed by atoms with Crippen molar-refractivity contribution in [3.05, 3.63) is 32.6 Å². The molecule has 1 aromatic heterocycles. The van der Waals surface area contributed by atoms with E-state index >= 15 is 0 Å². The highest BCUT2D eigenvalue weighted by atomic mass is 32.2. The molecule has 10 nitrogen and oxygen atoms in total. The number of aromatic nitrogens is 2. The number of aromatic amines is 1. The van der Waals surface area contributed by atoms with E-state index in [1.807, 2.05) is 6.92 Å². The number of esters is 2. The lowest BCUT2D eigenvalue weighted by molar-refractivity contribution is -0.163. The molecule has 1 aliphatic heterocycles. The fourth-order valence-corrected chi connectivity index (χ4v) is 5.07. The van der Waals surface area contributed by atoms with E-state index in [9.17, 15) is 24.0 Å². The molecule has 0 bridgehead atoms. The molecule has 1 N–H and O–H groups in total. The average Bonchev–Trinajstić information content (AvgIpc) is 2.99. The zero-order valence-corrected chi connectivity index (χ0v) is 19.5. The third kappa shape index (κ3) is 6.47. The Morgan fingerprint density at radius 1 is 1.23 bits per heavy atom. The number of hydrogen-bond acceptors (Lipinski definition) is 10. The van der Waals surface area contributed by atoms with Gasteiger partial charge < -0.3 is 14.2 Å². The second-order valence-electron chi connectivity index (χ2n) is 6.91. The zero-order chi connectivity index (χ0) is 23.3. The van der Waals surface area contributed by atoms with Crippen molar-refractivity contribution in [1.82, 2.24) is 9.55 Å². The average molecular weight is 475 g/mol. The maximum atomic E-state index is 12.5. The summed E-state index contributed by atoms with van der Waals surface area (Å²) in [6.07, 6.45) is -2.20. The summed E-state index contributed by atoms with van der Waals surface area (Å²) in [5.41, 5.74) is -0.881. The first-order chi connectivity index (χ1) is 14.5. The number of nitrogens with zero attached hydrogens (tertiary/aromatic N) is 1. The summed E-state index contributed by atoms with van der Waals surface area (Å²) in [6.45, 7) is 7.32. The Labute approximate surface area is 187 Å². The number of ether oxygens (including phenoxy) is 3. The molecule has 172 valence electrons. The van der Waals surface area contributed by atoms with Crippen LogP contribution in [0.25, 0.3) is 0 Å². The predicted octanol–water partition coefficient (Wildman–Crippen LogP) is 1.01. The van der Waals surface area contributed by atoms with Crippen molar-refractivity contribution in [2.24, 2.45) is 0 Å². The highest BCUT2D eigenvalue weighted by Crippen LogP contribution is 2.41. The van der Waals surface area contributed by atoms with Crippen LogP contribution in [0.2, 0.25) is 0 Å². The predicted molar refractivity (Wildman–Crippen MR) is 116 cm³/mol. The topological polar surface area (TPSA) is 134 Å². The molecule has 0 aliphatic carbocycles. The van der Waals surface area contributed by atoms with Crippen LogP contribution in [0, 0.1) is 6.92 Å². The molecule has 0 amide bonds. The van der Waals surface area contributed by atoms with Gasteiger partial charge in [-0.15, -0.1) is 0 Å². The molecule has 2 heterocycles. The Morgan fingerprint density at radius 2 is 1.90 bits per heavy atom. The van der Waals surface area contributed by atoms with Crippen LogP contribution >= 0.6 is 23.5 Å². The van der Waals surface area contributed by atoms with E-state index in [2.05, 4.69) is 4.98 Å². The minimum Gasteiger partial charge on any atom is -0.459 e. The molecule has 2 rings (SSSR count). The van der Waals surface area contributed by atoms with Crippen molar-refractivity contribution in [1.29, 1.82) is 0 Å². The van der Waals surface area contributed by atoms with Gasteiger partial charge in [-0.25, -0.2) is 4.79 Å². The Hall–Kier alpha value is -2.05. The van der Waals surface area contributed by atoms with Gasteiger partial charge in [-0.3, -0.25) is 28.7 Å². The summed E-state index contributed by atoms with van der Waals surface area (Å²) in [5, 5.41) is -0.704. The van der Waals surface area contributed by atoms with Crippen molar-refractivity contribution < 1.29 is 28.6 Å². The van der Waals surface area contributed by atoms with Gasteiger partial charge in [-0.2, -0.15) is 11.8 Å². The lowest BCUT2D eigenvalue weighted by Gasteiger charge is -2.27. The Bertz CT molecular complexity index is 944. The molecule has 0 radical (unpaired) electrons. The zero-order valence-electron chi connectivity index (χ0n) is 17.9. The smallest absolute Gasteiger partial charge is 0.330 e. The van der Waals surface area contributed by atoms with Crippen LogP contribution in [0.1, 0.15) is 39.5 Å². The lowest BCUT2D eigenvalue weighted by Crippen LogP contribution is -2.44. The van der Waals surface area contributed by atoms with Crippen molar-refractivity contribution >= 4 is 40.6 Å². The van der Waals surface area contributed by atoms with Crippen LogP contribution in [0.5, 0.6) is 0 Å². The highest BCUT2D eigenvalue weighted by Gasteiger charge is 2.52. The number of rotatable bonds is 8. The minimum atomic E-state index is -0.923. The second kappa shape index (κ2) is 11.0. The van der Waals surface area contributed by atoms with E-state index in [1.54, 1.807) is 6.92 Å². The van der Waals surface area contributed by atoms with Crippen LogP contribution in [0.15, 0.2) is 15.8 Å². The molecule has 5 atom stereocenters. The Kier molecular flexibility index (Phi) is 8.95. The molecule has 1 fully saturated rings. The van der Waals surface area contributed by atoms with Gasteiger partial charge in [0, 0.05) is 38.3 Å². The molecule has 0 aromatic carbocycles. The van der Waals surface area contributed by atoms with E-state index in [0.29, 0.717) is 11.3 Å². The van der Waals surface area contributed by atoms with Crippen molar-refractivity contribution in [3.63, 3.8) is 0 Å². The fourth-order valence-electron chi connectivity index (χ4n) is 3.27. The largest absolute Gasteiger partial charge is 0.459 e. The molecular weight excluding hydrogens is 448 g/mol. The van der Waals surface area contributed by atoms with E-state index in [1.165, 1.54) is 43.3 Å². The van der Waals surface area contributed by atoms with E-state index in [4.69, 9.17) is 14.2 Å². The van der Waals surface area contributed by atoms with E-state index < -0.39 is 53.0 Å². The van der Waals surface area contributed by atoms with Crippen molar-refractivity contribution in [2.75, 3.05) is 11.5 Å². The molecular formula is C19H26N2O8S2. The number of carbonyl (C=O) groups is 3. The normalized spacial score (nSPS) is 23.9. The first-order valence-electron chi connectivity index (χ1n) is 9.62. The van der Waals surface area contributed by atoms with Crippen LogP contribution in [-0.2, 0) is 28.6 Å². The van der Waals surface area contributed by atoms with Gasteiger partial charge in [-0.05, 0) is 12.7 Å². The molecule has 1 saturated heterocycles. The Morgan fingerprint density at radius 3 is 2.45 bits per heavy atom. The van der Waals surface area contributed by atoms with Crippen LogP contribution in [0.3, 0.4) is 0 Å². The quantitative estimate of drug-likeness (QED) is 0.544. The van der Waals surface area contributed by atoms with E-state index in [-0.39, 0.29) is 10.9 Å². The summed E-state index contributed by atoms with van der Waals surface area (Å²) >= 11 is 2.36. The number of H-pyrrole nitrogens is 1. The summed E-state index contributed by atoms with van der Waals surface area (Å²) in [7, 11) is 0. The highest BCUT2D eigenvalue weighted by molar-refractivity contribution is 8.13. The lowest BCUT2D eigenvalue weighted by atomic mass is 10.1. The fraction of sp³-hybridized carbons (Fsp3) is 0.632. The van der Waals surface area contributed by atoms with Gasteiger partial charge in [0.15, 0.2) is 11.3 Å². The van der Waals surface area contributed by atoms with Gasteiger partial charge in [-0.1, -0.05) is 18.7 Å². The maximum Gasteiger partial charge on any atom is 0.330 e. The summed E-state index contributed by atoms with van der Waals surface area (Å²) in [5.74, 6) is -0.439. The molecule has 0 spiro atoms. The second-order valence-corrected chi connectivity index (χ2v) is 9.57. The third-order valence-electron chi connectivity index (χ3n) is 4.44. The molecule has 1 aliphatic rings. The molecule has 12 heteroatoms. The number of nitrogens with one attached hydrogen (secondary N) is 1. The summed E-state index contributed by atoms with van der Waals surface area (Å²) in [4.78, 5) is 61.6. The van der Waals surface area contributed by atoms with Gasteiger partial charge >= 0.3 is 17.6 Å². The standard InChI is InChI=1S/C19H26N2O8S2/c1-6-30-16-15(28-11(4)23)14(13(27-10(3)22)8-31-12(5)24)29-18(16)21-7-9(2)17(25)20-19(21)26/h7,13-16,18H,6,8H2,1-5H3,(H,20,25,26). The Balaban J connectivity index is 2.52. The third-order valence-corrected chi connectivity index (χ3v) is 6.56. The van der Waals surface area contributed by atoms with Crippen LogP contribution in [-0.4, -0.2) is 61.7 Å². The molecule has 31 heavy (non-hydrogen) atoms. The number of carbonyl (C=O) groups excluding carboxylic acids is 3. The summed E-state index contributed by atoms with van der Waals surface area (Å²) < 4.78 is 18.3. The first-order valence-corrected chi connectivity index (χ1v) is 11.7. The van der Waals surface area contributed by atoms with Crippen molar-refractivity contribution in [3.8, 4) is 0 Å². The van der Waals surface area contributed by atoms with Gasteiger partial charge in [0.25, 0.3) is 5.56 Å². The van der Waals surface area contributed by atoms with Crippen LogP contribution < -0.4 is 11.2 Å². The van der Waals surface area contributed by atoms with Gasteiger partial charge in [0.05, 0.1) is 5.25 Å².